The fourth-order valence-electron chi connectivity index (χ4n) is 9.65. The first-order chi connectivity index (χ1) is 36.4. The number of esters is 2. The molecule has 0 N–H and O–H groups in total. The molecule has 4 aromatic carbocycles. The first kappa shape index (κ1) is 50.8. The highest BCUT2D eigenvalue weighted by molar-refractivity contribution is 7.17. The van der Waals surface area contributed by atoms with E-state index in [9.17, 15) is 9.59 Å². The molecule has 1 unspecified atom stereocenters. The van der Waals surface area contributed by atoms with E-state index < -0.39 is 17.9 Å². The molecule has 14 nitrogen and oxygen atoms in total. The SMILES string of the molecule is CC(CCC(=O)OCOc1ccc2ccc(OCCCCN3CCN(c4cccc5sccc45)CC3)cc2n1)C(=O)OCOc1ccc2ccc(OCCCCN3CCN(c4cccc5sccc45)CC3)cc2n1. The second kappa shape index (κ2) is 25.0. The normalized spacial score (nSPS) is 14.9. The van der Waals surface area contributed by atoms with Crippen molar-refractivity contribution in [2.24, 2.45) is 5.92 Å². The smallest absolute Gasteiger partial charge is 0.311 e. The molecule has 1 atom stereocenters. The summed E-state index contributed by atoms with van der Waals surface area (Å²) in [6.45, 7) is 12.9. The standard InChI is InChI=1S/C58H64N6O8S2/c1-42(58(66)72-41-70-56-20-16-44-14-18-46(39-50(44)60-56)68-35-5-3-25-62-28-32-64(33-29-62)52-9-7-11-54-48(52)23-37-74-54)12-21-57(65)71-40-69-55-19-15-43-13-17-45(38-49(43)59-55)67-34-4-2-24-61-26-30-63(31-27-61)51-8-6-10-53-47(51)22-36-73-53/h6-11,13-20,22-23,36-39,42H,2-5,12,21,24-35,40-41H2,1H3. The highest BCUT2D eigenvalue weighted by Crippen LogP contribution is 2.33. The minimum absolute atomic E-state index is 0.0121. The van der Waals surface area contributed by atoms with Crippen LogP contribution in [-0.2, 0) is 19.1 Å². The number of carbonyl (C=O) groups excluding carboxylic acids is 2. The molecule has 386 valence electrons. The Labute approximate surface area is 440 Å². The van der Waals surface area contributed by atoms with E-state index in [1.807, 2.05) is 48.5 Å². The van der Waals surface area contributed by atoms with Crippen molar-refractivity contribution in [3.63, 3.8) is 0 Å². The average Bonchev–Trinajstić information content (AvgIpc) is 4.13. The molecular formula is C58H64N6O8S2. The van der Waals surface area contributed by atoms with Gasteiger partial charge in [0.25, 0.3) is 0 Å². The summed E-state index contributed by atoms with van der Waals surface area (Å²) in [6.07, 6.45) is 4.30. The van der Waals surface area contributed by atoms with Crippen molar-refractivity contribution in [1.29, 1.82) is 0 Å². The van der Waals surface area contributed by atoms with Crippen LogP contribution in [0.25, 0.3) is 42.0 Å². The van der Waals surface area contributed by atoms with E-state index in [2.05, 4.69) is 88.9 Å². The number of piperazine rings is 2. The van der Waals surface area contributed by atoms with Gasteiger partial charge in [-0.15, -0.1) is 22.7 Å². The number of benzene rings is 4. The molecule has 4 aromatic heterocycles. The number of fused-ring (bicyclic) bond motifs is 4. The maximum atomic E-state index is 12.7. The third kappa shape index (κ3) is 13.3. The number of unbranched alkanes of at least 4 members (excludes halogenated alkanes) is 2. The van der Waals surface area contributed by atoms with Crippen molar-refractivity contribution in [3.8, 4) is 23.3 Å². The zero-order valence-electron chi connectivity index (χ0n) is 42.0. The summed E-state index contributed by atoms with van der Waals surface area (Å²) in [4.78, 5) is 44.6. The van der Waals surface area contributed by atoms with Crippen LogP contribution in [-0.4, -0.2) is 124 Å². The van der Waals surface area contributed by atoms with E-state index in [1.54, 1.807) is 41.7 Å². The molecule has 6 heterocycles. The average molecular weight is 1040 g/mol. The lowest BCUT2D eigenvalue weighted by atomic mass is 10.1. The van der Waals surface area contributed by atoms with Crippen molar-refractivity contribution in [2.45, 2.75) is 45.4 Å². The third-order valence-corrected chi connectivity index (χ3v) is 15.7. The Bertz CT molecular complexity index is 3130. The van der Waals surface area contributed by atoms with Gasteiger partial charge in [0, 0.05) is 125 Å². The van der Waals surface area contributed by atoms with Crippen LogP contribution in [0.2, 0.25) is 0 Å². The Morgan fingerprint density at radius 3 is 1.55 bits per heavy atom. The highest BCUT2D eigenvalue weighted by Gasteiger charge is 2.21. The van der Waals surface area contributed by atoms with Crippen molar-refractivity contribution >= 4 is 88.0 Å². The number of pyridine rings is 2. The van der Waals surface area contributed by atoms with Gasteiger partial charge < -0.3 is 38.2 Å². The molecule has 2 aliphatic rings. The Hall–Kier alpha value is -6.72. The van der Waals surface area contributed by atoms with Gasteiger partial charge in [0.2, 0.25) is 25.3 Å². The molecule has 0 saturated carbocycles. The summed E-state index contributed by atoms with van der Waals surface area (Å²) in [5.41, 5.74) is 4.14. The quantitative estimate of drug-likeness (QED) is 0.0323. The Kier molecular flexibility index (Phi) is 17.2. The number of carbonyl (C=O) groups is 2. The van der Waals surface area contributed by atoms with E-state index in [0.717, 1.165) is 124 Å². The van der Waals surface area contributed by atoms with E-state index in [4.69, 9.17) is 28.4 Å². The van der Waals surface area contributed by atoms with E-state index in [0.29, 0.717) is 25.0 Å². The Balaban J connectivity index is 0.569. The van der Waals surface area contributed by atoms with Gasteiger partial charge >= 0.3 is 11.9 Å². The summed E-state index contributed by atoms with van der Waals surface area (Å²) in [5, 5.41) is 8.96. The molecule has 2 saturated heterocycles. The minimum atomic E-state index is -0.559. The molecule has 0 amide bonds. The van der Waals surface area contributed by atoms with Crippen LogP contribution in [0, 0.1) is 5.92 Å². The van der Waals surface area contributed by atoms with Crippen LogP contribution in [0.3, 0.4) is 0 Å². The lowest BCUT2D eigenvalue weighted by molar-refractivity contribution is -0.156. The van der Waals surface area contributed by atoms with Crippen LogP contribution in [0.5, 0.6) is 23.3 Å². The van der Waals surface area contributed by atoms with Gasteiger partial charge in [-0.05, 0) is 129 Å². The molecule has 0 radical (unpaired) electrons. The van der Waals surface area contributed by atoms with Crippen LogP contribution in [0.4, 0.5) is 11.4 Å². The molecule has 2 aliphatic heterocycles. The van der Waals surface area contributed by atoms with Crippen LogP contribution >= 0.6 is 22.7 Å². The second-order valence-electron chi connectivity index (χ2n) is 18.9. The predicted molar refractivity (Wildman–Crippen MR) is 295 cm³/mol. The number of rotatable bonds is 24. The number of hydrogen-bond donors (Lipinski definition) is 0. The Morgan fingerprint density at radius 2 is 1.04 bits per heavy atom. The van der Waals surface area contributed by atoms with E-state index in [1.165, 1.54) is 31.5 Å². The molecule has 74 heavy (non-hydrogen) atoms. The van der Waals surface area contributed by atoms with Gasteiger partial charge in [-0.3, -0.25) is 19.4 Å². The molecule has 8 aromatic rings. The van der Waals surface area contributed by atoms with Gasteiger partial charge in [-0.1, -0.05) is 19.1 Å². The summed E-state index contributed by atoms with van der Waals surface area (Å²) in [7, 11) is 0. The zero-order chi connectivity index (χ0) is 50.5. The van der Waals surface area contributed by atoms with Crippen molar-refractivity contribution in [2.75, 3.05) is 102 Å². The summed E-state index contributed by atoms with van der Waals surface area (Å²) >= 11 is 3.60. The monoisotopic (exact) mass is 1040 g/mol. The maximum absolute atomic E-state index is 12.7. The van der Waals surface area contributed by atoms with Gasteiger partial charge in [0.05, 0.1) is 30.2 Å². The van der Waals surface area contributed by atoms with Crippen LogP contribution in [0.15, 0.2) is 120 Å². The first-order valence-corrected chi connectivity index (χ1v) is 27.7. The third-order valence-electron chi connectivity index (χ3n) is 13.9. The number of thiophene rings is 2. The van der Waals surface area contributed by atoms with Gasteiger partial charge in [0.15, 0.2) is 0 Å². The zero-order valence-corrected chi connectivity index (χ0v) is 43.7. The molecule has 0 spiro atoms. The lowest BCUT2D eigenvalue weighted by Gasteiger charge is -2.36. The summed E-state index contributed by atoms with van der Waals surface area (Å²) < 4.78 is 36.9. The van der Waals surface area contributed by atoms with E-state index in [-0.39, 0.29) is 26.4 Å². The molecule has 10 rings (SSSR count). The van der Waals surface area contributed by atoms with Crippen LogP contribution < -0.4 is 28.7 Å². The summed E-state index contributed by atoms with van der Waals surface area (Å²) in [6, 6.07) is 36.6. The fourth-order valence-corrected chi connectivity index (χ4v) is 11.3. The number of anilines is 2. The maximum Gasteiger partial charge on any atom is 0.311 e. The summed E-state index contributed by atoms with van der Waals surface area (Å²) in [5.74, 6) is 0.598. The first-order valence-electron chi connectivity index (χ1n) is 25.9. The number of hydrogen-bond acceptors (Lipinski definition) is 16. The topological polar surface area (TPSA) is 128 Å². The van der Waals surface area contributed by atoms with Crippen molar-refractivity contribution < 1.29 is 38.0 Å². The number of aromatic nitrogens is 2. The van der Waals surface area contributed by atoms with Gasteiger partial charge in [-0.2, -0.15) is 0 Å². The Morgan fingerprint density at radius 1 is 0.554 bits per heavy atom. The molecule has 0 aliphatic carbocycles. The largest absolute Gasteiger partial charge is 0.494 e. The molecule has 16 heteroatoms. The van der Waals surface area contributed by atoms with Crippen molar-refractivity contribution in [1.82, 2.24) is 19.8 Å². The molecule has 0 bridgehead atoms. The van der Waals surface area contributed by atoms with Crippen molar-refractivity contribution in [3.05, 3.63) is 120 Å². The fraction of sp³-hybridized carbons (Fsp3) is 0.379. The number of ether oxygens (including phenoxy) is 6. The highest BCUT2D eigenvalue weighted by atomic mass is 32.1. The van der Waals surface area contributed by atoms with Gasteiger partial charge in [0.1, 0.15) is 11.5 Å². The second-order valence-corrected chi connectivity index (χ2v) is 20.8. The van der Waals surface area contributed by atoms with Gasteiger partial charge in [-0.25, -0.2) is 9.97 Å². The predicted octanol–water partition coefficient (Wildman–Crippen LogP) is 11.1. The lowest BCUT2D eigenvalue weighted by Crippen LogP contribution is -2.46. The van der Waals surface area contributed by atoms with Crippen LogP contribution in [0.1, 0.15) is 45.4 Å². The van der Waals surface area contributed by atoms with E-state index >= 15 is 0 Å². The molecule has 2 fully saturated rings. The number of nitrogens with zero attached hydrogens (tertiary/aromatic N) is 6. The minimum Gasteiger partial charge on any atom is -0.494 e. The molecular weight excluding hydrogens is 973 g/mol.